The number of hydrogen-bond donors (Lipinski definition) is 0. The van der Waals surface area contributed by atoms with Crippen molar-refractivity contribution in [1.29, 1.82) is 0 Å². The van der Waals surface area contributed by atoms with E-state index >= 15 is 0 Å². The van der Waals surface area contributed by atoms with Gasteiger partial charge < -0.3 is 9.80 Å². The quantitative estimate of drug-likeness (QED) is 0.517. The topological polar surface area (TPSA) is 45.2 Å². The van der Waals surface area contributed by atoms with Crippen LogP contribution in [0.3, 0.4) is 0 Å². The lowest BCUT2D eigenvalue weighted by atomic mass is 10.0. The standard InChI is InChI=1S/C24H22FN5/c25-21-9-3-4-10-23(21)29-12-14-30(15-13-29)24-20-8-2-1-7-19(20)22(27-28-24)16-18-6-5-11-26-17-18/h1-11,17H,12-16H2. The number of fused-ring (bicyclic) bond motifs is 1. The van der Waals surface area contributed by atoms with Gasteiger partial charge in [0.05, 0.1) is 11.4 Å². The first kappa shape index (κ1) is 18.5. The van der Waals surface area contributed by atoms with Gasteiger partial charge in [-0.25, -0.2) is 4.39 Å². The molecule has 0 unspecified atom stereocenters. The number of para-hydroxylation sites is 1. The second kappa shape index (κ2) is 8.06. The SMILES string of the molecule is Fc1ccccc1N1CCN(c2nnc(Cc3cccnc3)c3ccccc23)CC1. The number of rotatable bonds is 4. The molecular weight excluding hydrogens is 377 g/mol. The van der Waals surface area contributed by atoms with Crippen molar-refractivity contribution in [3.63, 3.8) is 0 Å². The van der Waals surface area contributed by atoms with Crippen LogP contribution < -0.4 is 9.80 Å². The Balaban J connectivity index is 1.41. The molecular formula is C24H22FN5. The molecule has 0 atom stereocenters. The zero-order valence-corrected chi connectivity index (χ0v) is 16.6. The summed E-state index contributed by atoms with van der Waals surface area (Å²) in [6.45, 7) is 3.03. The molecule has 150 valence electrons. The summed E-state index contributed by atoms with van der Waals surface area (Å²) in [5.74, 6) is 0.727. The lowest BCUT2D eigenvalue weighted by molar-refractivity contribution is 0.595. The van der Waals surface area contributed by atoms with Gasteiger partial charge in [-0.05, 0) is 23.8 Å². The maximum Gasteiger partial charge on any atom is 0.159 e. The van der Waals surface area contributed by atoms with E-state index in [9.17, 15) is 4.39 Å². The highest BCUT2D eigenvalue weighted by Gasteiger charge is 2.22. The van der Waals surface area contributed by atoms with E-state index in [0.717, 1.165) is 54.0 Å². The molecule has 30 heavy (non-hydrogen) atoms. The van der Waals surface area contributed by atoms with Crippen LogP contribution in [0.4, 0.5) is 15.9 Å². The fourth-order valence-corrected chi connectivity index (χ4v) is 4.07. The Labute approximate surface area is 174 Å². The molecule has 2 aromatic heterocycles. The number of anilines is 2. The van der Waals surface area contributed by atoms with Gasteiger partial charge in [-0.2, -0.15) is 5.10 Å². The summed E-state index contributed by atoms with van der Waals surface area (Å²) in [5, 5.41) is 11.4. The lowest BCUT2D eigenvalue weighted by Gasteiger charge is -2.37. The molecule has 0 bridgehead atoms. The van der Waals surface area contributed by atoms with Crippen LogP contribution in [-0.4, -0.2) is 41.4 Å². The molecule has 0 aliphatic carbocycles. The van der Waals surface area contributed by atoms with Crippen molar-refractivity contribution in [3.8, 4) is 0 Å². The van der Waals surface area contributed by atoms with E-state index in [2.05, 4.69) is 43.2 Å². The zero-order chi connectivity index (χ0) is 20.3. The Bertz CT molecular complexity index is 1160. The predicted molar refractivity (Wildman–Crippen MR) is 117 cm³/mol. The first-order valence-electron chi connectivity index (χ1n) is 10.2. The normalized spacial score (nSPS) is 14.3. The molecule has 5 nitrogen and oxygen atoms in total. The van der Waals surface area contributed by atoms with E-state index in [0.29, 0.717) is 12.1 Å². The van der Waals surface area contributed by atoms with Crippen molar-refractivity contribution in [2.75, 3.05) is 36.0 Å². The van der Waals surface area contributed by atoms with Crippen LogP contribution in [0.15, 0.2) is 73.1 Å². The van der Waals surface area contributed by atoms with E-state index in [1.807, 2.05) is 36.5 Å². The van der Waals surface area contributed by atoms with Crippen LogP contribution >= 0.6 is 0 Å². The lowest BCUT2D eigenvalue weighted by Crippen LogP contribution is -2.47. The number of piperazine rings is 1. The Morgan fingerprint density at radius 1 is 0.767 bits per heavy atom. The van der Waals surface area contributed by atoms with Crippen molar-refractivity contribution in [2.45, 2.75) is 6.42 Å². The fourth-order valence-electron chi connectivity index (χ4n) is 4.07. The number of benzene rings is 2. The molecule has 5 rings (SSSR count). The maximum absolute atomic E-state index is 14.1. The molecule has 0 spiro atoms. The second-order valence-electron chi connectivity index (χ2n) is 7.48. The molecule has 0 N–H and O–H groups in total. The molecule has 1 saturated heterocycles. The monoisotopic (exact) mass is 399 g/mol. The Morgan fingerprint density at radius 3 is 2.27 bits per heavy atom. The van der Waals surface area contributed by atoms with Crippen molar-refractivity contribution < 1.29 is 4.39 Å². The molecule has 0 radical (unpaired) electrons. The van der Waals surface area contributed by atoms with E-state index in [1.165, 1.54) is 6.07 Å². The summed E-state index contributed by atoms with van der Waals surface area (Å²) in [5.41, 5.74) is 2.73. The largest absolute Gasteiger partial charge is 0.366 e. The minimum absolute atomic E-state index is 0.170. The van der Waals surface area contributed by atoms with E-state index in [1.54, 1.807) is 12.3 Å². The molecule has 6 heteroatoms. The highest BCUT2D eigenvalue weighted by atomic mass is 19.1. The third kappa shape index (κ3) is 3.56. The average Bonchev–Trinajstić information content (AvgIpc) is 2.81. The second-order valence-corrected chi connectivity index (χ2v) is 7.48. The molecule has 1 fully saturated rings. The van der Waals surface area contributed by atoms with Gasteiger partial charge in [-0.3, -0.25) is 4.98 Å². The van der Waals surface area contributed by atoms with Crippen molar-refractivity contribution in [3.05, 3.63) is 90.1 Å². The molecule has 0 amide bonds. The minimum Gasteiger partial charge on any atom is -0.366 e. The van der Waals surface area contributed by atoms with Crippen molar-refractivity contribution in [1.82, 2.24) is 15.2 Å². The van der Waals surface area contributed by atoms with Crippen LogP contribution in [0.25, 0.3) is 10.8 Å². The number of hydrogen-bond acceptors (Lipinski definition) is 5. The van der Waals surface area contributed by atoms with Crippen LogP contribution in [0, 0.1) is 5.82 Å². The molecule has 1 aliphatic heterocycles. The summed E-state index contributed by atoms with van der Waals surface area (Å²) < 4.78 is 14.1. The van der Waals surface area contributed by atoms with Gasteiger partial charge in [-0.15, -0.1) is 5.10 Å². The summed E-state index contributed by atoms with van der Waals surface area (Å²) in [6, 6.07) is 19.2. The van der Waals surface area contributed by atoms with Gasteiger partial charge in [-0.1, -0.05) is 42.5 Å². The van der Waals surface area contributed by atoms with Crippen LogP contribution in [0.1, 0.15) is 11.3 Å². The first-order valence-corrected chi connectivity index (χ1v) is 10.2. The number of halogens is 1. The molecule has 0 saturated carbocycles. The number of pyridine rings is 1. The first-order chi connectivity index (χ1) is 14.8. The van der Waals surface area contributed by atoms with Crippen LogP contribution in [0.2, 0.25) is 0 Å². The Hall–Kier alpha value is -3.54. The van der Waals surface area contributed by atoms with Gasteiger partial charge in [0.25, 0.3) is 0 Å². The molecule has 4 aromatic rings. The van der Waals surface area contributed by atoms with Gasteiger partial charge >= 0.3 is 0 Å². The van der Waals surface area contributed by atoms with E-state index in [4.69, 9.17) is 0 Å². The third-order valence-corrected chi connectivity index (χ3v) is 5.61. The summed E-state index contributed by atoms with van der Waals surface area (Å²) in [4.78, 5) is 8.55. The summed E-state index contributed by atoms with van der Waals surface area (Å²) in [7, 11) is 0. The molecule has 3 heterocycles. The van der Waals surface area contributed by atoms with Crippen molar-refractivity contribution in [2.24, 2.45) is 0 Å². The van der Waals surface area contributed by atoms with Crippen molar-refractivity contribution >= 4 is 22.3 Å². The summed E-state index contributed by atoms with van der Waals surface area (Å²) in [6.07, 6.45) is 4.34. The average molecular weight is 399 g/mol. The van der Waals surface area contributed by atoms with Gasteiger partial charge in [0, 0.05) is 55.8 Å². The van der Waals surface area contributed by atoms with Gasteiger partial charge in [0.2, 0.25) is 0 Å². The Morgan fingerprint density at radius 2 is 1.50 bits per heavy atom. The Kier molecular flexibility index (Phi) is 4.97. The highest BCUT2D eigenvalue weighted by molar-refractivity contribution is 5.93. The van der Waals surface area contributed by atoms with Crippen LogP contribution in [0.5, 0.6) is 0 Å². The smallest absolute Gasteiger partial charge is 0.159 e. The van der Waals surface area contributed by atoms with E-state index < -0.39 is 0 Å². The minimum atomic E-state index is -0.170. The molecule has 2 aromatic carbocycles. The highest BCUT2D eigenvalue weighted by Crippen LogP contribution is 2.29. The number of nitrogens with zero attached hydrogens (tertiary/aromatic N) is 5. The summed E-state index contributed by atoms with van der Waals surface area (Å²) >= 11 is 0. The van der Waals surface area contributed by atoms with Crippen LogP contribution in [-0.2, 0) is 6.42 Å². The fraction of sp³-hybridized carbons (Fsp3) is 0.208. The number of aromatic nitrogens is 3. The third-order valence-electron chi connectivity index (χ3n) is 5.61. The zero-order valence-electron chi connectivity index (χ0n) is 16.6. The van der Waals surface area contributed by atoms with Gasteiger partial charge in [0.1, 0.15) is 5.82 Å². The molecule has 1 aliphatic rings. The maximum atomic E-state index is 14.1. The van der Waals surface area contributed by atoms with Gasteiger partial charge in [0.15, 0.2) is 5.82 Å². The van der Waals surface area contributed by atoms with E-state index in [-0.39, 0.29) is 5.82 Å². The predicted octanol–water partition coefficient (Wildman–Crippen LogP) is 4.08.